The van der Waals surface area contributed by atoms with Gasteiger partial charge in [0.15, 0.2) is 5.16 Å². The molecule has 2 N–H and O–H groups in total. The fourth-order valence-electron chi connectivity index (χ4n) is 2.06. The molecule has 0 radical (unpaired) electrons. The standard InChI is InChI=1S/C17H18N6OS/c1-23-9-7-19-17(23)25-10-8-18-15(24)13-11-20-16(21-12-13)22-14-5-3-2-4-6-14/h2-7,9,11-12H,8,10H2,1H3,(H,18,24)(H,20,21,22). The van der Waals surface area contributed by atoms with Gasteiger partial charge < -0.3 is 15.2 Å². The quantitative estimate of drug-likeness (QED) is 0.501. The van der Waals surface area contributed by atoms with Crippen LogP contribution in [0.4, 0.5) is 11.6 Å². The van der Waals surface area contributed by atoms with Gasteiger partial charge in [-0.05, 0) is 12.1 Å². The van der Waals surface area contributed by atoms with E-state index in [0.29, 0.717) is 18.1 Å². The van der Waals surface area contributed by atoms with E-state index < -0.39 is 0 Å². The van der Waals surface area contributed by atoms with E-state index in [-0.39, 0.29) is 5.91 Å². The lowest BCUT2D eigenvalue weighted by Crippen LogP contribution is -2.26. The third-order valence-electron chi connectivity index (χ3n) is 3.34. The molecule has 0 saturated heterocycles. The second kappa shape index (κ2) is 8.29. The van der Waals surface area contributed by atoms with Gasteiger partial charge in [0.25, 0.3) is 5.91 Å². The van der Waals surface area contributed by atoms with Gasteiger partial charge in [0.2, 0.25) is 5.95 Å². The van der Waals surface area contributed by atoms with Crippen molar-refractivity contribution in [1.82, 2.24) is 24.8 Å². The Morgan fingerprint density at radius 1 is 1.16 bits per heavy atom. The van der Waals surface area contributed by atoms with E-state index in [9.17, 15) is 4.79 Å². The molecule has 0 atom stereocenters. The van der Waals surface area contributed by atoms with Crippen LogP contribution in [-0.4, -0.2) is 37.7 Å². The molecule has 8 heteroatoms. The molecule has 1 aromatic carbocycles. The van der Waals surface area contributed by atoms with Crippen molar-refractivity contribution in [2.45, 2.75) is 5.16 Å². The minimum Gasteiger partial charge on any atom is -0.351 e. The maximum atomic E-state index is 12.1. The number of nitrogens with zero attached hydrogens (tertiary/aromatic N) is 4. The van der Waals surface area contributed by atoms with Crippen LogP contribution in [0.5, 0.6) is 0 Å². The molecule has 0 aliphatic heterocycles. The zero-order valence-corrected chi connectivity index (χ0v) is 14.5. The minimum absolute atomic E-state index is 0.188. The lowest BCUT2D eigenvalue weighted by atomic mass is 10.3. The Bertz CT molecular complexity index is 819. The molecular weight excluding hydrogens is 336 g/mol. The lowest BCUT2D eigenvalue weighted by Gasteiger charge is -2.06. The van der Waals surface area contributed by atoms with Crippen molar-refractivity contribution in [3.8, 4) is 0 Å². The monoisotopic (exact) mass is 354 g/mol. The minimum atomic E-state index is -0.188. The van der Waals surface area contributed by atoms with E-state index in [1.807, 2.05) is 48.1 Å². The first-order valence-corrected chi connectivity index (χ1v) is 8.73. The van der Waals surface area contributed by atoms with Gasteiger partial charge in [-0.15, -0.1) is 0 Å². The Morgan fingerprint density at radius 3 is 2.60 bits per heavy atom. The van der Waals surface area contributed by atoms with Crippen LogP contribution in [0.2, 0.25) is 0 Å². The maximum absolute atomic E-state index is 12.1. The van der Waals surface area contributed by atoms with Gasteiger partial charge in [-0.1, -0.05) is 30.0 Å². The Balaban J connectivity index is 1.46. The SMILES string of the molecule is Cn1ccnc1SCCNC(=O)c1cnc(Nc2ccccc2)nc1. The van der Waals surface area contributed by atoms with Crippen LogP contribution >= 0.6 is 11.8 Å². The summed E-state index contributed by atoms with van der Waals surface area (Å²) < 4.78 is 1.94. The molecule has 2 heterocycles. The molecule has 128 valence electrons. The van der Waals surface area contributed by atoms with E-state index in [4.69, 9.17) is 0 Å². The molecule has 7 nitrogen and oxygen atoms in total. The predicted molar refractivity (Wildman–Crippen MR) is 98.0 cm³/mol. The van der Waals surface area contributed by atoms with Crippen molar-refractivity contribution < 1.29 is 4.79 Å². The van der Waals surface area contributed by atoms with Crippen molar-refractivity contribution in [3.05, 3.63) is 60.7 Å². The Kier molecular flexibility index (Phi) is 5.63. The summed E-state index contributed by atoms with van der Waals surface area (Å²) in [6.07, 6.45) is 6.67. The summed E-state index contributed by atoms with van der Waals surface area (Å²) in [5, 5.41) is 6.85. The molecule has 0 aliphatic carbocycles. The average molecular weight is 354 g/mol. The second-order valence-corrected chi connectivity index (χ2v) is 6.27. The van der Waals surface area contributed by atoms with Crippen molar-refractivity contribution in [2.24, 2.45) is 7.05 Å². The third kappa shape index (κ3) is 4.80. The molecule has 0 bridgehead atoms. The van der Waals surface area contributed by atoms with Gasteiger partial charge >= 0.3 is 0 Å². The van der Waals surface area contributed by atoms with Crippen LogP contribution in [0.3, 0.4) is 0 Å². The summed E-state index contributed by atoms with van der Waals surface area (Å²) in [6, 6.07) is 9.62. The molecule has 0 unspecified atom stereocenters. The first-order chi connectivity index (χ1) is 12.2. The number of anilines is 2. The van der Waals surface area contributed by atoms with Gasteiger partial charge in [-0.25, -0.2) is 15.0 Å². The number of benzene rings is 1. The van der Waals surface area contributed by atoms with Crippen molar-refractivity contribution in [3.63, 3.8) is 0 Å². The number of rotatable bonds is 7. The van der Waals surface area contributed by atoms with E-state index in [2.05, 4.69) is 25.6 Å². The van der Waals surface area contributed by atoms with Gasteiger partial charge in [-0.3, -0.25) is 4.79 Å². The lowest BCUT2D eigenvalue weighted by molar-refractivity contribution is 0.0955. The molecule has 1 amide bonds. The number of aryl methyl sites for hydroxylation is 1. The highest BCUT2D eigenvalue weighted by atomic mass is 32.2. The number of hydrogen-bond donors (Lipinski definition) is 2. The number of aromatic nitrogens is 4. The summed E-state index contributed by atoms with van der Waals surface area (Å²) in [6.45, 7) is 0.542. The topological polar surface area (TPSA) is 84.7 Å². The van der Waals surface area contributed by atoms with Crippen molar-refractivity contribution in [2.75, 3.05) is 17.6 Å². The van der Waals surface area contributed by atoms with Gasteiger partial charge in [-0.2, -0.15) is 0 Å². The van der Waals surface area contributed by atoms with Crippen LogP contribution in [0.1, 0.15) is 10.4 Å². The van der Waals surface area contributed by atoms with E-state index in [1.165, 1.54) is 12.4 Å². The zero-order chi connectivity index (χ0) is 17.5. The average Bonchev–Trinajstić information content (AvgIpc) is 3.05. The summed E-state index contributed by atoms with van der Waals surface area (Å²) in [5.74, 6) is 1.00. The highest BCUT2D eigenvalue weighted by Crippen LogP contribution is 2.13. The van der Waals surface area contributed by atoms with Crippen LogP contribution < -0.4 is 10.6 Å². The van der Waals surface area contributed by atoms with E-state index in [0.717, 1.165) is 16.6 Å². The highest BCUT2D eigenvalue weighted by Gasteiger charge is 2.07. The first kappa shape index (κ1) is 17.0. The molecule has 0 fully saturated rings. The van der Waals surface area contributed by atoms with Crippen LogP contribution in [0, 0.1) is 0 Å². The number of para-hydroxylation sites is 1. The molecule has 0 spiro atoms. The van der Waals surface area contributed by atoms with Gasteiger partial charge in [0.05, 0.1) is 5.56 Å². The molecule has 3 rings (SSSR count). The molecule has 3 aromatic rings. The van der Waals surface area contributed by atoms with Crippen LogP contribution in [0.25, 0.3) is 0 Å². The molecule has 25 heavy (non-hydrogen) atoms. The number of carbonyl (C=O) groups is 1. The van der Waals surface area contributed by atoms with Crippen LogP contribution in [0.15, 0.2) is 60.3 Å². The molecule has 0 aliphatic rings. The molecule has 2 aromatic heterocycles. The van der Waals surface area contributed by atoms with Crippen molar-refractivity contribution in [1.29, 1.82) is 0 Å². The predicted octanol–water partition coefficient (Wildman–Crippen LogP) is 2.48. The number of hydrogen-bond acceptors (Lipinski definition) is 6. The maximum Gasteiger partial charge on any atom is 0.254 e. The number of thioether (sulfide) groups is 1. The number of carbonyl (C=O) groups excluding carboxylic acids is 1. The van der Waals surface area contributed by atoms with Gasteiger partial charge in [0.1, 0.15) is 0 Å². The largest absolute Gasteiger partial charge is 0.351 e. The Morgan fingerprint density at radius 2 is 1.92 bits per heavy atom. The summed E-state index contributed by atoms with van der Waals surface area (Å²) >= 11 is 1.59. The fraction of sp³-hybridized carbons (Fsp3) is 0.176. The molecule has 0 saturated carbocycles. The number of amides is 1. The number of imidazole rings is 1. The second-order valence-electron chi connectivity index (χ2n) is 5.21. The van der Waals surface area contributed by atoms with E-state index in [1.54, 1.807) is 18.0 Å². The smallest absolute Gasteiger partial charge is 0.254 e. The van der Waals surface area contributed by atoms with E-state index >= 15 is 0 Å². The Labute approximate surface area is 149 Å². The Hall–Kier alpha value is -2.87. The van der Waals surface area contributed by atoms with Crippen molar-refractivity contribution >= 4 is 29.3 Å². The van der Waals surface area contributed by atoms with Crippen LogP contribution in [-0.2, 0) is 7.05 Å². The zero-order valence-electron chi connectivity index (χ0n) is 13.7. The summed E-state index contributed by atoms with van der Waals surface area (Å²) in [5.41, 5.74) is 1.33. The molecular formula is C17H18N6OS. The fourth-order valence-corrected chi connectivity index (χ4v) is 2.85. The van der Waals surface area contributed by atoms with Gasteiger partial charge in [0, 0.05) is 49.8 Å². The number of nitrogens with one attached hydrogen (secondary N) is 2. The summed E-state index contributed by atoms with van der Waals surface area (Å²) in [4.78, 5) is 24.7. The normalized spacial score (nSPS) is 10.4. The first-order valence-electron chi connectivity index (χ1n) is 7.75. The highest BCUT2D eigenvalue weighted by molar-refractivity contribution is 7.99. The third-order valence-corrected chi connectivity index (χ3v) is 4.40. The summed E-state index contributed by atoms with van der Waals surface area (Å²) in [7, 11) is 1.94.